The Bertz CT molecular complexity index is 789. The molecule has 0 radical (unpaired) electrons. The highest BCUT2D eigenvalue weighted by atomic mass is 16.1. The van der Waals surface area contributed by atoms with E-state index in [1.54, 1.807) is 6.07 Å². The molecule has 0 aliphatic carbocycles. The molecule has 4 heteroatoms. The van der Waals surface area contributed by atoms with Crippen molar-refractivity contribution < 1.29 is 4.79 Å². The van der Waals surface area contributed by atoms with Crippen LogP contribution in [0.4, 0.5) is 0 Å². The largest absolute Gasteiger partial charge is 0.364 e. The second-order valence-electron chi connectivity index (χ2n) is 5.29. The Morgan fingerprint density at radius 2 is 1.77 bits per heavy atom. The SMILES string of the molecule is Cc1ccc(-c2cc(C(N)=O)nn2Cc2ccccc2)cc1. The molecule has 0 bridgehead atoms. The molecule has 1 aromatic heterocycles. The third-order valence-corrected chi connectivity index (χ3v) is 3.55. The van der Waals surface area contributed by atoms with Crippen molar-refractivity contribution >= 4 is 5.91 Å². The van der Waals surface area contributed by atoms with Crippen LogP contribution in [0.1, 0.15) is 21.6 Å². The lowest BCUT2D eigenvalue weighted by atomic mass is 10.1. The second-order valence-corrected chi connectivity index (χ2v) is 5.29. The quantitative estimate of drug-likeness (QED) is 0.803. The van der Waals surface area contributed by atoms with Gasteiger partial charge in [-0.25, -0.2) is 0 Å². The Balaban J connectivity index is 2.04. The summed E-state index contributed by atoms with van der Waals surface area (Å²) in [6.07, 6.45) is 0. The average Bonchev–Trinajstić information content (AvgIpc) is 2.93. The zero-order valence-electron chi connectivity index (χ0n) is 12.4. The Labute approximate surface area is 129 Å². The van der Waals surface area contributed by atoms with Crippen molar-refractivity contribution in [1.82, 2.24) is 9.78 Å². The molecule has 22 heavy (non-hydrogen) atoms. The highest BCUT2D eigenvalue weighted by Crippen LogP contribution is 2.22. The standard InChI is InChI=1S/C18H17N3O/c1-13-7-9-15(10-8-13)17-11-16(18(19)22)20-21(17)12-14-5-3-2-4-6-14/h2-11H,12H2,1H3,(H2,19,22). The summed E-state index contributed by atoms with van der Waals surface area (Å²) in [6.45, 7) is 2.64. The average molecular weight is 291 g/mol. The summed E-state index contributed by atoms with van der Waals surface area (Å²) in [4.78, 5) is 11.5. The molecule has 0 atom stereocenters. The molecule has 0 saturated heterocycles. The topological polar surface area (TPSA) is 60.9 Å². The van der Waals surface area contributed by atoms with Gasteiger partial charge in [-0.15, -0.1) is 0 Å². The highest BCUT2D eigenvalue weighted by Gasteiger charge is 2.13. The van der Waals surface area contributed by atoms with Crippen LogP contribution in [-0.4, -0.2) is 15.7 Å². The van der Waals surface area contributed by atoms with Crippen LogP contribution in [0, 0.1) is 6.92 Å². The van der Waals surface area contributed by atoms with Gasteiger partial charge in [-0.05, 0) is 24.1 Å². The van der Waals surface area contributed by atoms with Gasteiger partial charge in [0.1, 0.15) is 0 Å². The van der Waals surface area contributed by atoms with Gasteiger partial charge in [-0.2, -0.15) is 5.10 Å². The molecule has 1 amide bonds. The van der Waals surface area contributed by atoms with E-state index in [1.165, 1.54) is 5.56 Å². The first-order valence-electron chi connectivity index (χ1n) is 7.12. The van der Waals surface area contributed by atoms with Crippen molar-refractivity contribution in [2.75, 3.05) is 0 Å². The number of aromatic nitrogens is 2. The Morgan fingerprint density at radius 1 is 1.09 bits per heavy atom. The van der Waals surface area contributed by atoms with Gasteiger partial charge in [-0.1, -0.05) is 60.2 Å². The molecule has 4 nitrogen and oxygen atoms in total. The summed E-state index contributed by atoms with van der Waals surface area (Å²) in [5, 5.41) is 4.35. The summed E-state index contributed by atoms with van der Waals surface area (Å²) in [5.41, 5.74) is 9.87. The summed E-state index contributed by atoms with van der Waals surface area (Å²) in [5.74, 6) is -0.514. The number of rotatable bonds is 4. The molecule has 3 rings (SSSR count). The van der Waals surface area contributed by atoms with Crippen LogP contribution < -0.4 is 5.73 Å². The van der Waals surface area contributed by atoms with Crippen molar-refractivity contribution in [2.24, 2.45) is 5.73 Å². The number of amides is 1. The number of aryl methyl sites for hydroxylation is 1. The maximum atomic E-state index is 11.5. The minimum Gasteiger partial charge on any atom is -0.364 e. The molecular formula is C18H17N3O. The fourth-order valence-electron chi connectivity index (χ4n) is 2.37. The minimum atomic E-state index is -0.514. The van der Waals surface area contributed by atoms with Gasteiger partial charge < -0.3 is 5.73 Å². The number of primary amides is 1. The van der Waals surface area contributed by atoms with Crippen LogP contribution in [0.25, 0.3) is 11.3 Å². The molecule has 2 aromatic carbocycles. The zero-order chi connectivity index (χ0) is 15.5. The molecule has 0 saturated carbocycles. The Hall–Kier alpha value is -2.88. The van der Waals surface area contributed by atoms with E-state index < -0.39 is 5.91 Å². The third-order valence-electron chi connectivity index (χ3n) is 3.55. The van der Waals surface area contributed by atoms with Crippen LogP contribution in [-0.2, 0) is 6.54 Å². The van der Waals surface area contributed by atoms with Gasteiger partial charge in [0.2, 0.25) is 0 Å². The maximum absolute atomic E-state index is 11.5. The van der Waals surface area contributed by atoms with Crippen molar-refractivity contribution in [2.45, 2.75) is 13.5 Å². The van der Waals surface area contributed by atoms with E-state index in [4.69, 9.17) is 5.73 Å². The van der Waals surface area contributed by atoms with E-state index in [-0.39, 0.29) is 5.69 Å². The van der Waals surface area contributed by atoms with Crippen molar-refractivity contribution in [3.05, 3.63) is 77.5 Å². The molecule has 110 valence electrons. The normalized spacial score (nSPS) is 10.6. The number of nitrogens with two attached hydrogens (primary N) is 1. The number of carbonyl (C=O) groups excluding carboxylic acids is 1. The van der Waals surface area contributed by atoms with E-state index in [1.807, 2.05) is 66.2 Å². The lowest BCUT2D eigenvalue weighted by Gasteiger charge is -2.08. The van der Waals surface area contributed by atoms with Crippen molar-refractivity contribution in [1.29, 1.82) is 0 Å². The summed E-state index contributed by atoms with van der Waals surface area (Å²) >= 11 is 0. The third kappa shape index (κ3) is 2.91. The lowest BCUT2D eigenvalue weighted by molar-refractivity contribution is 0.0995. The van der Waals surface area contributed by atoms with Gasteiger partial charge >= 0.3 is 0 Å². The minimum absolute atomic E-state index is 0.284. The zero-order valence-corrected chi connectivity index (χ0v) is 12.4. The number of benzene rings is 2. The molecule has 2 N–H and O–H groups in total. The van der Waals surface area contributed by atoms with E-state index in [0.29, 0.717) is 6.54 Å². The van der Waals surface area contributed by atoms with E-state index in [9.17, 15) is 4.79 Å². The molecule has 0 spiro atoms. The molecule has 0 fully saturated rings. The monoisotopic (exact) mass is 291 g/mol. The first-order valence-corrected chi connectivity index (χ1v) is 7.12. The maximum Gasteiger partial charge on any atom is 0.269 e. The number of nitrogens with zero attached hydrogens (tertiary/aromatic N) is 2. The molecule has 0 aliphatic rings. The number of carbonyl (C=O) groups is 1. The molecule has 0 aliphatic heterocycles. The first kappa shape index (κ1) is 14.1. The van der Waals surface area contributed by atoms with Gasteiger partial charge in [0.25, 0.3) is 5.91 Å². The van der Waals surface area contributed by atoms with E-state index in [2.05, 4.69) is 5.10 Å². The van der Waals surface area contributed by atoms with Crippen molar-refractivity contribution in [3.63, 3.8) is 0 Å². The fourth-order valence-corrected chi connectivity index (χ4v) is 2.37. The van der Waals surface area contributed by atoms with Crippen LogP contribution >= 0.6 is 0 Å². The molecule has 1 heterocycles. The molecular weight excluding hydrogens is 274 g/mol. The van der Waals surface area contributed by atoms with Crippen LogP contribution in [0.2, 0.25) is 0 Å². The molecule has 0 unspecified atom stereocenters. The smallest absolute Gasteiger partial charge is 0.269 e. The summed E-state index contributed by atoms with van der Waals surface area (Å²) < 4.78 is 1.82. The number of hydrogen-bond acceptors (Lipinski definition) is 2. The predicted molar refractivity (Wildman–Crippen MR) is 86.5 cm³/mol. The molecule has 3 aromatic rings. The van der Waals surface area contributed by atoms with Gasteiger partial charge in [0.05, 0.1) is 12.2 Å². The van der Waals surface area contributed by atoms with E-state index in [0.717, 1.165) is 16.8 Å². The van der Waals surface area contributed by atoms with Gasteiger partial charge in [0.15, 0.2) is 5.69 Å². The summed E-state index contributed by atoms with van der Waals surface area (Å²) in [7, 11) is 0. The van der Waals surface area contributed by atoms with Crippen LogP contribution in [0.5, 0.6) is 0 Å². The van der Waals surface area contributed by atoms with E-state index >= 15 is 0 Å². The lowest BCUT2D eigenvalue weighted by Crippen LogP contribution is -2.12. The highest BCUT2D eigenvalue weighted by molar-refractivity contribution is 5.92. The van der Waals surface area contributed by atoms with Gasteiger partial charge in [0, 0.05) is 0 Å². The Morgan fingerprint density at radius 3 is 2.41 bits per heavy atom. The van der Waals surface area contributed by atoms with Crippen LogP contribution in [0.15, 0.2) is 60.7 Å². The number of hydrogen-bond donors (Lipinski definition) is 1. The van der Waals surface area contributed by atoms with Crippen molar-refractivity contribution in [3.8, 4) is 11.3 Å². The second kappa shape index (κ2) is 5.85. The Kier molecular flexibility index (Phi) is 3.74. The fraction of sp³-hybridized carbons (Fsp3) is 0.111. The first-order chi connectivity index (χ1) is 10.6. The van der Waals surface area contributed by atoms with Gasteiger partial charge in [-0.3, -0.25) is 9.48 Å². The summed E-state index contributed by atoms with van der Waals surface area (Å²) in [6, 6.07) is 19.9. The van der Waals surface area contributed by atoms with Crippen LogP contribution in [0.3, 0.4) is 0 Å². The predicted octanol–water partition coefficient (Wildman–Crippen LogP) is 3.01.